The second kappa shape index (κ2) is 9.31. The third kappa shape index (κ3) is 4.70. The van der Waals surface area contributed by atoms with Gasteiger partial charge in [-0.05, 0) is 31.4 Å². The average Bonchev–Trinajstić information content (AvgIpc) is 2.86. The molecule has 2 fully saturated rings. The summed E-state index contributed by atoms with van der Waals surface area (Å²) in [6.45, 7) is 4.94. The van der Waals surface area contributed by atoms with Gasteiger partial charge in [0.1, 0.15) is 11.6 Å². The molecule has 3 aromatic heterocycles. The molecular weight excluding hydrogens is 406 g/mol. The predicted molar refractivity (Wildman–Crippen MR) is 124 cm³/mol. The van der Waals surface area contributed by atoms with Crippen LogP contribution in [0.2, 0.25) is 0 Å². The maximum absolute atomic E-state index is 5.65. The van der Waals surface area contributed by atoms with Gasteiger partial charge in [-0.1, -0.05) is 0 Å². The van der Waals surface area contributed by atoms with Crippen molar-refractivity contribution in [1.82, 2.24) is 24.9 Å². The number of nitrogen functional groups attached to an aromatic ring is 1. The second-order valence-corrected chi connectivity index (χ2v) is 7.95. The summed E-state index contributed by atoms with van der Waals surface area (Å²) in [5, 5.41) is 3.38. The Hall–Kier alpha value is -3.53. The highest BCUT2D eigenvalue weighted by Gasteiger charge is 2.17. The summed E-state index contributed by atoms with van der Waals surface area (Å²) in [5.41, 5.74) is 8.02. The van der Waals surface area contributed by atoms with E-state index in [4.69, 9.17) is 20.4 Å². The molecule has 0 bridgehead atoms. The summed E-state index contributed by atoms with van der Waals surface area (Å²) < 4.78 is 5.48. The highest BCUT2D eigenvalue weighted by Crippen LogP contribution is 2.26. The summed E-state index contributed by atoms with van der Waals surface area (Å²) in [6, 6.07) is 5.99. The Balaban J connectivity index is 1.41. The fraction of sp³-hybridized carbons (Fsp3) is 0.409. The van der Waals surface area contributed by atoms with E-state index in [9.17, 15) is 0 Å². The van der Waals surface area contributed by atoms with Crippen LogP contribution < -0.4 is 20.9 Å². The normalized spacial score (nSPS) is 16.8. The molecule has 166 valence electrons. The molecule has 32 heavy (non-hydrogen) atoms. The lowest BCUT2D eigenvalue weighted by atomic mass is 10.1. The van der Waals surface area contributed by atoms with Crippen LogP contribution in [0.4, 0.5) is 29.2 Å². The minimum atomic E-state index is 0.231. The van der Waals surface area contributed by atoms with Crippen molar-refractivity contribution in [3.8, 4) is 11.3 Å². The molecule has 0 unspecified atom stereocenters. The van der Waals surface area contributed by atoms with Gasteiger partial charge in [-0.2, -0.15) is 4.98 Å². The minimum Gasteiger partial charge on any atom is -0.378 e. The van der Waals surface area contributed by atoms with Crippen LogP contribution in [0.5, 0.6) is 0 Å². The van der Waals surface area contributed by atoms with E-state index in [1.807, 2.05) is 18.3 Å². The maximum atomic E-state index is 5.65. The van der Waals surface area contributed by atoms with Crippen LogP contribution in [0.3, 0.4) is 0 Å². The number of pyridine rings is 1. The van der Waals surface area contributed by atoms with Gasteiger partial charge < -0.3 is 25.6 Å². The second-order valence-electron chi connectivity index (χ2n) is 7.95. The van der Waals surface area contributed by atoms with Gasteiger partial charge in [-0.25, -0.2) is 19.9 Å². The molecule has 5 heterocycles. The molecule has 0 radical (unpaired) electrons. The third-order valence-corrected chi connectivity index (χ3v) is 5.68. The fourth-order valence-electron chi connectivity index (χ4n) is 3.94. The molecular formula is C22H27N9O. The lowest BCUT2D eigenvalue weighted by molar-refractivity contribution is 0.122. The van der Waals surface area contributed by atoms with Crippen LogP contribution >= 0.6 is 0 Å². The molecule has 2 saturated heterocycles. The van der Waals surface area contributed by atoms with Gasteiger partial charge in [0.2, 0.25) is 11.9 Å². The molecule has 0 spiro atoms. The number of hydrogen-bond acceptors (Lipinski definition) is 10. The van der Waals surface area contributed by atoms with E-state index >= 15 is 0 Å². The lowest BCUT2D eigenvalue weighted by Crippen LogP contribution is -2.37. The van der Waals surface area contributed by atoms with Crippen LogP contribution in [-0.2, 0) is 4.74 Å². The van der Waals surface area contributed by atoms with Gasteiger partial charge >= 0.3 is 0 Å². The van der Waals surface area contributed by atoms with E-state index in [2.05, 4.69) is 36.1 Å². The van der Waals surface area contributed by atoms with E-state index in [-0.39, 0.29) is 5.95 Å². The number of nitrogens with zero attached hydrogens (tertiary/aromatic N) is 7. The summed E-state index contributed by atoms with van der Waals surface area (Å²) >= 11 is 0. The molecule has 0 atom stereocenters. The minimum absolute atomic E-state index is 0.231. The quantitative estimate of drug-likeness (QED) is 0.621. The zero-order valence-electron chi connectivity index (χ0n) is 17.9. The largest absolute Gasteiger partial charge is 0.378 e. The average molecular weight is 434 g/mol. The number of aromatic nitrogens is 5. The first-order valence-electron chi connectivity index (χ1n) is 11.0. The first-order valence-corrected chi connectivity index (χ1v) is 11.0. The predicted octanol–water partition coefficient (Wildman–Crippen LogP) is 2.48. The lowest BCUT2D eigenvalue weighted by Gasteiger charge is -2.28. The third-order valence-electron chi connectivity index (χ3n) is 5.68. The SMILES string of the molecule is Nc1ncc(-c2cc(Nc3ccc(N4CCCCC4)nc3)nc(N3CCOCC3)n2)cn1. The van der Waals surface area contributed by atoms with E-state index in [0.717, 1.165) is 48.9 Å². The van der Waals surface area contributed by atoms with Crippen molar-refractivity contribution in [2.75, 3.05) is 60.2 Å². The summed E-state index contributed by atoms with van der Waals surface area (Å²) in [6.07, 6.45) is 8.96. The van der Waals surface area contributed by atoms with E-state index in [1.165, 1.54) is 19.3 Å². The Labute approximate surface area is 186 Å². The van der Waals surface area contributed by atoms with Crippen LogP contribution in [0, 0.1) is 0 Å². The van der Waals surface area contributed by atoms with E-state index in [1.54, 1.807) is 12.4 Å². The molecule has 2 aliphatic rings. The summed E-state index contributed by atoms with van der Waals surface area (Å²) in [5.74, 6) is 2.57. The Morgan fingerprint density at radius 1 is 0.844 bits per heavy atom. The number of piperidine rings is 1. The molecule has 0 saturated carbocycles. The molecule has 5 rings (SSSR count). The molecule has 10 heteroatoms. The number of nitrogens with one attached hydrogen (secondary N) is 1. The molecule has 3 aromatic rings. The standard InChI is InChI=1S/C22H27N9O/c23-21-25-13-16(14-26-21)18-12-19(29-22(28-18)31-8-10-32-11-9-31)27-17-4-5-20(24-15-17)30-6-2-1-3-7-30/h4-5,12-15H,1-3,6-11H2,(H2,23,25,26)(H,27,28,29). The van der Waals surface area contributed by atoms with Crippen molar-refractivity contribution in [1.29, 1.82) is 0 Å². The van der Waals surface area contributed by atoms with Crippen LogP contribution in [-0.4, -0.2) is 64.3 Å². The van der Waals surface area contributed by atoms with Gasteiger partial charge in [0.15, 0.2) is 0 Å². The molecule has 0 aromatic carbocycles. The highest BCUT2D eigenvalue weighted by atomic mass is 16.5. The maximum Gasteiger partial charge on any atom is 0.228 e. The Bertz CT molecular complexity index is 1030. The van der Waals surface area contributed by atoms with Crippen molar-refractivity contribution in [2.24, 2.45) is 0 Å². The zero-order chi connectivity index (χ0) is 21.8. The molecule has 3 N–H and O–H groups in total. The zero-order valence-corrected chi connectivity index (χ0v) is 17.9. The topological polar surface area (TPSA) is 118 Å². The van der Waals surface area contributed by atoms with Crippen molar-refractivity contribution < 1.29 is 4.74 Å². The number of ether oxygens (including phenoxy) is 1. The number of nitrogens with two attached hydrogens (primary N) is 1. The van der Waals surface area contributed by atoms with Gasteiger partial charge in [0.05, 0.1) is 30.8 Å². The molecule has 0 aliphatic carbocycles. The van der Waals surface area contributed by atoms with E-state index < -0.39 is 0 Å². The van der Waals surface area contributed by atoms with Crippen molar-refractivity contribution >= 4 is 29.2 Å². The fourth-order valence-corrected chi connectivity index (χ4v) is 3.94. The van der Waals surface area contributed by atoms with E-state index in [0.29, 0.717) is 25.0 Å². The number of morpholine rings is 1. The number of anilines is 5. The van der Waals surface area contributed by atoms with Gasteiger partial charge in [-0.15, -0.1) is 0 Å². The van der Waals surface area contributed by atoms with Gasteiger partial charge in [-0.3, -0.25) is 0 Å². The molecule has 2 aliphatic heterocycles. The molecule has 10 nitrogen and oxygen atoms in total. The Morgan fingerprint density at radius 2 is 1.62 bits per heavy atom. The highest BCUT2D eigenvalue weighted by molar-refractivity contribution is 5.67. The summed E-state index contributed by atoms with van der Waals surface area (Å²) in [4.78, 5) is 26.8. The summed E-state index contributed by atoms with van der Waals surface area (Å²) in [7, 11) is 0. The monoisotopic (exact) mass is 433 g/mol. The Kier molecular flexibility index (Phi) is 5.93. The van der Waals surface area contributed by atoms with Crippen molar-refractivity contribution in [2.45, 2.75) is 19.3 Å². The first kappa shape index (κ1) is 20.4. The van der Waals surface area contributed by atoms with Crippen LogP contribution in [0.1, 0.15) is 19.3 Å². The molecule has 0 amide bonds. The smallest absolute Gasteiger partial charge is 0.228 e. The van der Waals surface area contributed by atoms with Crippen molar-refractivity contribution in [3.63, 3.8) is 0 Å². The number of hydrogen-bond donors (Lipinski definition) is 2. The number of rotatable bonds is 5. The first-order chi connectivity index (χ1) is 15.7. The van der Waals surface area contributed by atoms with Gasteiger partial charge in [0.25, 0.3) is 0 Å². The van der Waals surface area contributed by atoms with Crippen LogP contribution in [0.25, 0.3) is 11.3 Å². The Morgan fingerprint density at radius 3 is 2.34 bits per heavy atom. The van der Waals surface area contributed by atoms with Gasteiger partial charge in [0, 0.05) is 50.2 Å². The van der Waals surface area contributed by atoms with Crippen molar-refractivity contribution in [3.05, 3.63) is 36.8 Å². The van der Waals surface area contributed by atoms with Crippen LogP contribution in [0.15, 0.2) is 36.8 Å².